The van der Waals surface area contributed by atoms with E-state index in [2.05, 4.69) is 5.32 Å². The molecule has 5 nitrogen and oxygen atoms in total. The van der Waals surface area contributed by atoms with Crippen LogP contribution in [0.5, 0.6) is 5.75 Å². The highest BCUT2D eigenvalue weighted by Gasteiger charge is 2.17. The summed E-state index contributed by atoms with van der Waals surface area (Å²) in [5.41, 5.74) is 5.41. The molecule has 7 heteroatoms. The predicted molar refractivity (Wildman–Crippen MR) is 79.1 cm³/mol. The highest BCUT2D eigenvalue weighted by molar-refractivity contribution is 6.32. The van der Waals surface area contributed by atoms with Gasteiger partial charge in [0.15, 0.2) is 0 Å². The molecule has 21 heavy (non-hydrogen) atoms. The largest absolute Gasteiger partial charge is 0.495 e. The Morgan fingerprint density at radius 1 is 1.38 bits per heavy atom. The van der Waals surface area contributed by atoms with Crippen molar-refractivity contribution in [2.45, 2.75) is 0 Å². The predicted octanol–water partition coefficient (Wildman–Crippen LogP) is 3.51. The molecule has 0 amide bonds. The van der Waals surface area contributed by atoms with Gasteiger partial charge in [-0.15, -0.1) is 0 Å². The number of methoxy groups -OCH3 is 1. The molecule has 110 valence electrons. The van der Waals surface area contributed by atoms with Gasteiger partial charge in [-0.1, -0.05) is 11.6 Å². The van der Waals surface area contributed by atoms with Gasteiger partial charge in [0.2, 0.25) is 0 Å². The molecular weight excluding hydrogens is 299 g/mol. The maximum absolute atomic E-state index is 13.4. The summed E-state index contributed by atoms with van der Waals surface area (Å²) >= 11 is 5.99. The SMILES string of the molecule is COc1ccc(Nc2ccc(F)c(N)c2C(=O)O)cc1Cl. The van der Waals surface area contributed by atoms with E-state index < -0.39 is 17.5 Å². The number of carboxylic acid groups (broad SMARTS) is 1. The van der Waals surface area contributed by atoms with E-state index in [0.29, 0.717) is 16.5 Å². The minimum Gasteiger partial charge on any atom is -0.495 e. The van der Waals surface area contributed by atoms with E-state index in [-0.39, 0.29) is 11.3 Å². The Bertz CT molecular complexity index is 707. The lowest BCUT2D eigenvalue weighted by Crippen LogP contribution is -2.08. The zero-order chi connectivity index (χ0) is 15.6. The summed E-state index contributed by atoms with van der Waals surface area (Å²) in [5, 5.41) is 12.4. The average molecular weight is 311 g/mol. The molecule has 0 aromatic heterocycles. The number of anilines is 3. The monoisotopic (exact) mass is 310 g/mol. The fourth-order valence-corrected chi connectivity index (χ4v) is 2.09. The maximum atomic E-state index is 13.4. The van der Waals surface area contributed by atoms with Crippen LogP contribution in [0, 0.1) is 5.82 Å². The number of rotatable bonds is 4. The first-order chi connectivity index (χ1) is 9.93. The van der Waals surface area contributed by atoms with Gasteiger partial charge in [-0.25, -0.2) is 9.18 Å². The van der Waals surface area contributed by atoms with Gasteiger partial charge in [0.05, 0.1) is 23.5 Å². The molecule has 0 radical (unpaired) electrons. The molecule has 0 spiro atoms. The summed E-state index contributed by atoms with van der Waals surface area (Å²) in [6.07, 6.45) is 0. The van der Waals surface area contributed by atoms with Crippen molar-refractivity contribution < 1.29 is 19.0 Å². The van der Waals surface area contributed by atoms with Gasteiger partial charge in [0.1, 0.15) is 17.1 Å². The minimum atomic E-state index is -1.32. The van der Waals surface area contributed by atoms with Crippen molar-refractivity contribution in [1.29, 1.82) is 0 Å². The number of nitrogens with one attached hydrogen (secondary N) is 1. The minimum absolute atomic E-state index is 0.169. The number of halogens is 2. The van der Waals surface area contributed by atoms with Crippen LogP contribution in [0.2, 0.25) is 5.02 Å². The Hall–Kier alpha value is -2.47. The number of carbonyl (C=O) groups is 1. The quantitative estimate of drug-likeness (QED) is 0.752. The Morgan fingerprint density at radius 3 is 2.67 bits per heavy atom. The Kier molecular flexibility index (Phi) is 4.18. The van der Waals surface area contributed by atoms with E-state index in [1.165, 1.54) is 13.2 Å². The zero-order valence-corrected chi connectivity index (χ0v) is 11.7. The summed E-state index contributed by atoms with van der Waals surface area (Å²) in [4.78, 5) is 11.2. The summed E-state index contributed by atoms with van der Waals surface area (Å²) in [6.45, 7) is 0. The number of ether oxygens (including phenoxy) is 1. The van der Waals surface area contributed by atoms with Gasteiger partial charge in [-0.2, -0.15) is 0 Å². The average Bonchev–Trinajstić information content (AvgIpc) is 2.43. The van der Waals surface area contributed by atoms with E-state index in [9.17, 15) is 9.18 Å². The first-order valence-electron chi connectivity index (χ1n) is 5.86. The second kappa shape index (κ2) is 5.88. The van der Waals surface area contributed by atoms with Gasteiger partial charge in [-0.05, 0) is 30.3 Å². The lowest BCUT2D eigenvalue weighted by atomic mass is 10.1. The van der Waals surface area contributed by atoms with Crippen LogP contribution in [-0.4, -0.2) is 18.2 Å². The topological polar surface area (TPSA) is 84.6 Å². The highest BCUT2D eigenvalue weighted by Crippen LogP contribution is 2.31. The molecule has 0 aliphatic carbocycles. The zero-order valence-electron chi connectivity index (χ0n) is 11.0. The van der Waals surface area contributed by atoms with E-state index >= 15 is 0 Å². The Balaban J connectivity index is 2.42. The van der Waals surface area contributed by atoms with Crippen LogP contribution < -0.4 is 15.8 Å². The second-order valence-corrected chi connectivity index (χ2v) is 4.57. The maximum Gasteiger partial charge on any atom is 0.340 e. The molecule has 0 unspecified atom stereocenters. The van der Waals surface area contributed by atoms with Crippen LogP contribution in [-0.2, 0) is 0 Å². The molecule has 0 saturated heterocycles. The van der Waals surface area contributed by atoms with Crippen molar-refractivity contribution >= 4 is 34.6 Å². The molecule has 2 aromatic rings. The van der Waals surface area contributed by atoms with Crippen molar-refractivity contribution in [1.82, 2.24) is 0 Å². The van der Waals surface area contributed by atoms with Crippen LogP contribution in [0.1, 0.15) is 10.4 Å². The molecule has 0 fully saturated rings. The smallest absolute Gasteiger partial charge is 0.340 e. The lowest BCUT2D eigenvalue weighted by molar-refractivity contribution is 0.0698. The molecule has 0 bridgehead atoms. The standard InChI is InChI=1S/C14H12ClFN2O3/c1-21-11-5-2-7(6-8(11)15)18-10-4-3-9(16)13(17)12(10)14(19)20/h2-6,18H,17H2,1H3,(H,19,20). The van der Waals surface area contributed by atoms with Crippen LogP contribution >= 0.6 is 11.6 Å². The fourth-order valence-electron chi connectivity index (χ4n) is 1.83. The van der Waals surface area contributed by atoms with Crippen molar-refractivity contribution in [2.75, 3.05) is 18.2 Å². The first-order valence-corrected chi connectivity index (χ1v) is 6.23. The normalized spacial score (nSPS) is 10.2. The van der Waals surface area contributed by atoms with E-state index in [1.54, 1.807) is 18.2 Å². The molecule has 0 heterocycles. The number of nitrogens with two attached hydrogens (primary N) is 1. The van der Waals surface area contributed by atoms with E-state index in [1.807, 2.05) is 0 Å². The lowest BCUT2D eigenvalue weighted by Gasteiger charge is -2.13. The molecule has 0 aliphatic heterocycles. The fraction of sp³-hybridized carbons (Fsp3) is 0.0714. The third kappa shape index (κ3) is 3.00. The van der Waals surface area contributed by atoms with Crippen LogP contribution in [0.4, 0.5) is 21.5 Å². The van der Waals surface area contributed by atoms with Crippen LogP contribution in [0.3, 0.4) is 0 Å². The molecule has 2 rings (SSSR count). The number of hydrogen-bond acceptors (Lipinski definition) is 4. The number of aromatic carboxylic acids is 1. The number of hydrogen-bond donors (Lipinski definition) is 3. The molecule has 4 N–H and O–H groups in total. The number of nitrogen functional groups attached to an aromatic ring is 1. The second-order valence-electron chi connectivity index (χ2n) is 4.16. The summed E-state index contributed by atoms with van der Waals surface area (Å²) < 4.78 is 18.4. The molecule has 0 aliphatic rings. The summed E-state index contributed by atoms with van der Waals surface area (Å²) in [6, 6.07) is 7.22. The van der Waals surface area contributed by atoms with Gasteiger partial charge in [0, 0.05) is 5.69 Å². The van der Waals surface area contributed by atoms with Crippen molar-refractivity contribution in [3.8, 4) is 5.75 Å². The van der Waals surface area contributed by atoms with Crippen LogP contribution in [0.25, 0.3) is 0 Å². The molecule has 0 saturated carbocycles. The van der Waals surface area contributed by atoms with E-state index in [4.69, 9.17) is 27.2 Å². The Labute approximate surface area is 125 Å². The Morgan fingerprint density at radius 2 is 2.10 bits per heavy atom. The number of benzene rings is 2. The first kappa shape index (κ1) is 14.9. The summed E-state index contributed by atoms with van der Waals surface area (Å²) in [5.74, 6) is -1.63. The van der Waals surface area contributed by atoms with Gasteiger partial charge in [0.25, 0.3) is 0 Å². The third-order valence-electron chi connectivity index (χ3n) is 2.84. The summed E-state index contributed by atoms with van der Waals surface area (Å²) in [7, 11) is 1.48. The highest BCUT2D eigenvalue weighted by atomic mass is 35.5. The van der Waals surface area contributed by atoms with Gasteiger partial charge < -0.3 is 20.9 Å². The van der Waals surface area contributed by atoms with Crippen molar-refractivity contribution in [3.63, 3.8) is 0 Å². The van der Waals surface area contributed by atoms with Gasteiger partial charge >= 0.3 is 5.97 Å². The molecule has 2 aromatic carbocycles. The number of carboxylic acids is 1. The van der Waals surface area contributed by atoms with E-state index in [0.717, 1.165) is 6.07 Å². The third-order valence-corrected chi connectivity index (χ3v) is 3.13. The van der Waals surface area contributed by atoms with Crippen LogP contribution in [0.15, 0.2) is 30.3 Å². The van der Waals surface area contributed by atoms with Gasteiger partial charge in [-0.3, -0.25) is 0 Å². The van der Waals surface area contributed by atoms with Crippen molar-refractivity contribution in [2.24, 2.45) is 0 Å². The molecule has 0 atom stereocenters. The van der Waals surface area contributed by atoms with Crippen molar-refractivity contribution in [3.05, 3.63) is 46.7 Å². The molecular formula is C14H12ClFN2O3.